The molecular formula is C20H24N4O5. The van der Waals surface area contributed by atoms with Crippen molar-refractivity contribution in [2.75, 3.05) is 25.0 Å². The average Bonchev–Trinajstić information content (AvgIpc) is 2.93. The highest BCUT2D eigenvalue weighted by atomic mass is 16.5. The van der Waals surface area contributed by atoms with Crippen LogP contribution >= 0.6 is 0 Å². The lowest BCUT2D eigenvalue weighted by Gasteiger charge is -2.28. The Bertz CT molecular complexity index is 870. The number of piperidine rings is 1. The molecule has 29 heavy (non-hydrogen) atoms. The van der Waals surface area contributed by atoms with Gasteiger partial charge < -0.3 is 15.4 Å². The lowest BCUT2D eigenvalue weighted by molar-refractivity contribution is -0.136. The summed E-state index contributed by atoms with van der Waals surface area (Å²) < 4.78 is 5.86. The van der Waals surface area contributed by atoms with Crippen LogP contribution in [0.5, 0.6) is 0 Å². The van der Waals surface area contributed by atoms with Crippen LogP contribution in [0.1, 0.15) is 46.9 Å². The molecule has 0 spiro atoms. The summed E-state index contributed by atoms with van der Waals surface area (Å²) in [5.74, 6) is -2.00. The van der Waals surface area contributed by atoms with Crippen LogP contribution in [-0.2, 0) is 14.3 Å². The maximum atomic E-state index is 12.8. The van der Waals surface area contributed by atoms with Crippen molar-refractivity contribution in [3.63, 3.8) is 0 Å². The summed E-state index contributed by atoms with van der Waals surface area (Å²) in [4.78, 5) is 50.0. The Morgan fingerprint density at radius 3 is 2.69 bits per heavy atom. The molecule has 0 radical (unpaired) electrons. The highest BCUT2D eigenvalue weighted by molar-refractivity contribution is 6.23. The molecule has 154 valence electrons. The zero-order valence-corrected chi connectivity index (χ0v) is 16.2. The van der Waals surface area contributed by atoms with Crippen molar-refractivity contribution >= 4 is 29.3 Å². The molecule has 3 N–H and O–H groups in total. The first-order valence-electron chi connectivity index (χ1n) is 9.89. The van der Waals surface area contributed by atoms with E-state index < -0.39 is 23.8 Å². The molecule has 2 saturated heterocycles. The van der Waals surface area contributed by atoms with E-state index >= 15 is 0 Å². The summed E-state index contributed by atoms with van der Waals surface area (Å²) in [5.41, 5.74) is 1.28. The van der Waals surface area contributed by atoms with Crippen molar-refractivity contribution in [1.29, 1.82) is 0 Å². The molecule has 3 atom stereocenters. The van der Waals surface area contributed by atoms with Gasteiger partial charge in [-0.1, -0.05) is 0 Å². The Hall–Kier alpha value is -2.78. The monoisotopic (exact) mass is 400 g/mol. The maximum absolute atomic E-state index is 12.8. The molecule has 4 amide bonds. The van der Waals surface area contributed by atoms with Crippen LogP contribution in [0, 0.1) is 0 Å². The first-order valence-corrected chi connectivity index (χ1v) is 9.89. The standard InChI is InChI=1S/C20H24N4O5/c1-11-9-21-10-13(29-11)6-7-22-12-2-3-14-15(8-12)20(28)24(19(14)27)16-4-5-17(25)23-18(16)26/h2-3,8,11,13,16,21-22H,4-7,9-10H2,1H3,(H,23,25,26). The van der Waals surface area contributed by atoms with Crippen molar-refractivity contribution in [3.8, 4) is 0 Å². The third kappa shape index (κ3) is 3.88. The Morgan fingerprint density at radius 1 is 1.14 bits per heavy atom. The smallest absolute Gasteiger partial charge is 0.262 e. The van der Waals surface area contributed by atoms with Gasteiger partial charge in [-0.3, -0.25) is 29.4 Å². The van der Waals surface area contributed by atoms with Gasteiger partial charge in [-0.25, -0.2) is 0 Å². The fraction of sp³-hybridized carbons (Fsp3) is 0.500. The number of anilines is 1. The number of nitrogens with one attached hydrogen (secondary N) is 3. The average molecular weight is 400 g/mol. The van der Waals surface area contributed by atoms with Crippen LogP contribution in [0.3, 0.4) is 0 Å². The zero-order chi connectivity index (χ0) is 20.5. The molecule has 1 aromatic carbocycles. The van der Waals surface area contributed by atoms with E-state index in [-0.39, 0.29) is 42.1 Å². The maximum Gasteiger partial charge on any atom is 0.262 e. The van der Waals surface area contributed by atoms with E-state index in [1.165, 1.54) is 0 Å². The van der Waals surface area contributed by atoms with Crippen LogP contribution in [0.15, 0.2) is 18.2 Å². The Balaban J connectivity index is 1.41. The van der Waals surface area contributed by atoms with Gasteiger partial charge in [0, 0.05) is 31.7 Å². The molecule has 0 bridgehead atoms. The van der Waals surface area contributed by atoms with Crippen LogP contribution in [0.4, 0.5) is 5.69 Å². The zero-order valence-electron chi connectivity index (χ0n) is 16.2. The van der Waals surface area contributed by atoms with E-state index in [0.29, 0.717) is 6.54 Å². The molecule has 3 aliphatic heterocycles. The lowest BCUT2D eigenvalue weighted by atomic mass is 10.0. The summed E-state index contributed by atoms with van der Waals surface area (Å²) in [6, 6.07) is 4.05. The van der Waals surface area contributed by atoms with Crippen molar-refractivity contribution in [1.82, 2.24) is 15.5 Å². The van der Waals surface area contributed by atoms with Gasteiger partial charge >= 0.3 is 0 Å². The van der Waals surface area contributed by atoms with E-state index in [0.717, 1.165) is 30.1 Å². The van der Waals surface area contributed by atoms with E-state index in [2.05, 4.69) is 16.0 Å². The van der Waals surface area contributed by atoms with Crippen LogP contribution in [0.2, 0.25) is 0 Å². The highest BCUT2D eigenvalue weighted by Gasteiger charge is 2.44. The first kappa shape index (κ1) is 19.5. The second kappa shape index (κ2) is 7.92. The predicted molar refractivity (Wildman–Crippen MR) is 103 cm³/mol. The molecule has 3 unspecified atom stereocenters. The minimum Gasteiger partial charge on any atom is -0.385 e. The number of carbonyl (C=O) groups excluding carboxylic acids is 4. The van der Waals surface area contributed by atoms with Gasteiger partial charge in [0.15, 0.2) is 0 Å². The van der Waals surface area contributed by atoms with Crippen LogP contribution < -0.4 is 16.0 Å². The summed E-state index contributed by atoms with van der Waals surface area (Å²) in [5, 5.41) is 8.79. The lowest BCUT2D eigenvalue weighted by Crippen LogP contribution is -2.54. The Morgan fingerprint density at radius 2 is 1.93 bits per heavy atom. The number of imide groups is 2. The van der Waals surface area contributed by atoms with E-state index in [1.54, 1.807) is 18.2 Å². The fourth-order valence-electron chi connectivity index (χ4n) is 4.00. The van der Waals surface area contributed by atoms with Gasteiger partial charge in [0.05, 0.1) is 23.3 Å². The van der Waals surface area contributed by atoms with Gasteiger partial charge in [-0.05, 0) is 38.0 Å². The van der Waals surface area contributed by atoms with Crippen molar-refractivity contribution < 1.29 is 23.9 Å². The SMILES string of the molecule is CC1CNCC(CCNc2ccc3c(c2)C(=O)N(C2CCC(=O)NC2=O)C3=O)O1. The molecule has 0 saturated carbocycles. The number of hydrogen-bond donors (Lipinski definition) is 3. The largest absolute Gasteiger partial charge is 0.385 e. The number of nitrogens with zero attached hydrogens (tertiary/aromatic N) is 1. The molecule has 0 aliphatic carbocycles. The molecule has 3 aliphatic rings. The first-order chi connectivity index (χ1) is 13.9. The normalized spacial score (nSPS) is 27.1. The number of ether oxygens (including phenoxy) is 1. The third-order valence-corrected chi connectivity index (χ3v) is 5.46. The summed E-state index contributed by atoms with van der Waals surface area (Å²) in [6.45, 7) is 4.36. The van der Waals surface area contributed by atoms with Crippen molar-refractivity contribution in [2.24, 2.45) is 0 Å². The van der Waals surface area contributed by atoms with E-state index in [1.807, 2.05) is 6.92 Å². The molecular weight excluding hydrogens is 376 g/mol. The summed E-state index contributed by atoms with van der Waals surface area (Å²) >= 11 is 0. The van der Waals surface area contributed by atoms with Gasteiger partial charge in [0.1, 0.15) is 6.04 Å². The second-order valence-corrected chi connectivity index (χ2v) is 7.65. The summed E-state index contributed by atoms with van der Waals surface area (Å²) in [6.07, 6.45) is 1.38. The quantitative estimate of drug-likeness (QED) is 0.607. The highest BCUT2D eigenvalue weighted by Crippen LogP contribution is 2.29. The van der Waals surface area contributed by atoms with Crippen molar-refractivity contribution in [3.05, 3.63) is 29.3 Å². The van der Waals surface area contributed by atoms with Gasteiger partial charge in [0.25, 0.3) is 11.8 Å². The number of amides is 4. The van der Waals surface area contributed by atoms with E-state index in [9.17, 15) is 19.2 Å². The second-order valence-electron chi connectivity index (χ2n) is 7.65. The number of rotatable bonds is 5. The minimum absolute atomic E-state index is 0.104. The van der Waals surface area contributed by atoms with Crippen LogP contribution in [0.25, 0.3) is 0 Å². The molecule has 9 heteroatoms. The Kier molecular flexibility index (Phi) is 5.33. The van der Waals surface area contributed by atoms with E-state index in [4.69, 9.17) is 4.74 Å². The Labute approximate surface area is 168 Å². The molecule has 3 heterocycles. The fourth-order valence-corrected chi connectivity index (χ4v) is 4.00. The number of fused-ring (bicyclic) bond motifs is 1. The molecule has 9 nitrogen and oxygen atoms in total. The third-order valence-electron chi connectivity index (χ3n) is 5.46. The van der Waals surface area contributed by atoms with Gasteiger partial charge in [0.2, 0.25) is 11.8 Å². The minimum atomic E-state index is -0.950. The van der Waals surface area contributed by atoms with Gasteiger partial charge in [-0.15, -0.1) is 0 Å². The number of benzene rings is 1. The topological polar surface area (TPSA) is 117 Å². The molecule has 1 aromatic rings. The predicted octanol–water partition coefficient (Wildman–Crippen LogP) is 0.267. The van der Waals surface area contributed by atoms with Crippen LogP contribution in [-0.4, -0.2) is 66.4 Å². The van der Waals surface area contributed by atoms with Crippen molar-refractivity contribution in [2.45, 2.75) is 44.4 Å². The number of carbonyl (C=O) groups is 4. The number of morpholine rings is 1. The molecule has 0 aromatic heterocycles. The van der Waals surface area contributed by atoms with Gasteiger partial charge in [-0.2, -0.15) is 0 Å². The number of hydrogen-bond acceptors (Lipinski definition) is 7. The molecule has 2 fully saturated rings. The summed E-state index contributed by atoms with van der Waals surface area (Å²) in [7, 11) is 0. The molecule has 4 rings (SSSR count).